The van der Waals surface area contributed by atoms with Crippen LogP contribution in [0.4, 0.5) is 11.4 Å². The number of benzene rings is 2. The molecule has 1 aliphatic carbocycles. The SMILES string of the molecule is CC(C)N1CCC(c2ccc(-c3cc4c(N5CCN(C(=O)C6CCOC6)CC5)ccnn4c3C3CC3C(=O)N3CCN(c4ccnn5cc(-c6ccc(C7(O)CC(C)(C)NC(C)(C)C7)cc6)cc45)CC3)cc2)CC1. The van der Waals surface area contributed by atoms with Gasteiger partial charge < -0.3 is 39.7 Å². The first-order chi connectivity index (χ1) is 35.6. The second-order valence-electron chi connectivity index (χ2n) is 24.2. The molecule has 390 valence electrons. The molecule has 2 aromatic carbocycles. The van der Waals surface area contributed by atoms with Crippen molar-refractivity contribution in [2.45, 2.75) is 115 Å². The van der Waals surface area contributed by atoms with Crippen LogP contribution in [-0.2, 0) is 19.9 Å². The van der Waals surface area contributed by atoms with Gasteiger partial charge in [0.05, 0.1) is 46.2 Å². The van der Waals surface area contributed by atoms with Crippen molar-refractivity contribution in [2.75, 3.05) is 88.5 Å². The van der Waals surface area contributed by atoms with Crippen LogP contribution in [0.1, 0.15) is 109 Å². The number of fused-ring (bicyclic) bond motifs is 2. The van der Waals surface area contributed by atoms with Crippen molar-refractivity contribution in [3.05, 3.63) is 108 Å². The van der Waals surface area contributed by atoms with E-state index < -0.39 is 5.60 Å². The third-order valence-corrected chi connectivity index (χ3v) is 17.6. The number of nitrogens with zero attached hydrogens (tertiary/aromatic N) is 9. The van der Waals surface area contributed by atoms with Crippen LogP contribution in [-0.4, -0.2) is 147 Å². The highest BCUT2D eigenvalue weighted by molar-refractivity contribution is 5.88. The summed E-state index contributed by atoms with van der Waals surface area (Å²) in [6.07, 6.45) is 11.1. The van der Waals surface area contributed by atoms with Crippen LogP contribution in [0, 0.1) is 11.8 Å². The molecule has 2 N–H and O–H groups in total. The number of aromatic nitrogens is 4. The number of carbonyl (C=O) groups is 2. The molecular weight excluding hydrogens is 925 g/mol. The first kappa shape index (κ1) is 49.1. The molecule has 5 saturated heterocycles. The lowest BCUT2D eigenvalue weighted by Crippen LogP contribution is -2.62. The van der Waals surface area contributed by atoms with Crippen LogP contribution in [0.2, 0.25) is 0 Å². The van der Waals surface area contributed by atoms with Gasteiger partial charge in [0.15, 0.2) is 0 Å². The number of rotatable bonds is 10. The summed E-state index contributed by atoms with van der Waals surface area (Å²) in [5.74, 6) is 0.945. The van der Waals surface area contributed by atoms with Crippen molar-refractivity contribution in [2.24, 2.45) is 11.8 Å². The number of carbonyl (C=O) groups excluding carboxylic acids is 2. The fourth-order valence-corrected chi connectivity index (χ4v) is 14.1. The van der Waals surface area contributed by atoms with E-state index in [0.717, 1.165) is 102 Å². The second-order valence-corrected chi connectivity index (χ2v) is 24.2. The van der Waals surface area contributed by atoms with E-state index >= 15 is 0 Å². The molecule has 0 spiro atoms. The Labute approximate surface area is 436 Å². The van der Waals surface area contributed by atoms with Crippen molar-refractivity contribution in [3.63, 3.8) is 0 Å². The molecule has 3 unspecified atom stereocenters. The number of hydrogen-bond acceptors (Lipinski definition) is 10. The lowest BCUT2D eigenvalue weighted by Gasteiger charge is -2.51. The van der Waals surface area contributed by atoms with Gasteiger partial charge in [0.1, 0.15) is 0 Å². The summed E-state index contributed by atoms with van der Waals surface area (Å²) in [6.45, 7) is 22.4. The van der Waals surface area contributed by atoms with Crippen molar-refractivity contribution in [3.8, 4) is 22.3 Å². The minimum absolute atomic E-state index is 0.0214. The maximum atomic E-state index is 14.6. The van der Waals surface area contributed by atoms with Gasteiger partial charge in [0.2, 0.25) is 11.8 Å². The van der Waals surface area contributed by atoms with Crippen LogP contribution < -0.4 is 15.1 Å². The van der Waals surface area contributed by atoms with Crippen LogP contribution in [0.25, 0.3) is 33.3 Å². The predicted molar refractivity (Wildman–Crippen MR) is 292 cm³/mol. The molecular formula is C60H76N10O4. The highest BCUT2D eigenvalue weighted by Crippen LogP contribution is 2.53. The minimum atomic E-state index is -0.910. The number of anilines is 2. The Morgan fingerprint density at radius 1 is 0.689 bits per heavy atom. The van der Waals surface area contributed by atoms with Gasteiger partial charge >= 0.3 is 0 Å². The lowest BCUT2D eigenvalue weighted by atomic mass is 9.70. The van der Waals surface area contributed by atoms with Crippen molar-refractivity contribution in [1.29, 1.82) is 0 Å². The zero-order valence-electron chi connectivity index (χ0n) is 44.5. The highest BCUT2D eigenvalue weighted by atomic mass is 16.5. The van der Waals surface area contributed by atoms with Crippen LogP contribution in [0.3, 0.4) is 0 Å². The molecule has 0 bridgehead atoms. The molecule has 2 amide bonds. The largest absolute Gasteiger partial charge is 0.385 e. The lowest BCUT2D eigenvalue weighted by molar-refractivity contribution is -0.136. The maximum absolute atomic E-state index is 14.6. The van der Waals surface area contributed by atoms with E-state index in [9.17, 15) is 14.7 Å². The predicted octanol–water partition coefficient (Wildman–Crippen LogP) is 8.17. The normalized spacial score (nSPS) is 24.4. The summed E-state index contributed by atoms with van der Waals surface area (Å²) < 4.78 is 9.65. The van der Waals surface area contributed by atoms with Gasteiger partial charge in [-0.3, -0.25) is 9.59 Å². The topological polar surface area (TPSA) is 126 Å². The summed E-state index contributed by atoms with van der Waals surface area (Å²) in [5.41, 5.74) is 11.0. The van der Waals surface area contributed by atoms with Gasteiger partial charge in [0, 0.05) is 118 Å². The molecule has 12 rings (SSSR count). The number of nitrogens with one attached hydrogen (secondary N) is 1. The Kier molecular flexibility index (Phi) is 12.7. The standard InChI is InChI=1S/C60H76N10O4/c1-40(2)64-22-17-43(18-23-64)41-7-9-44(10-8-41)48-35-54-52(66-24-28-67(29-25-66)56(71)45-19-32-74-37-45)16-21-62-70(54)55(48)49-34-50(49)57(72)68-30-26-65(27-31-68)51-15-20-61-69-36-46(33-53(51)69)42-11-13-47(14-12-42)60(73)38-58(3,4)63-59(5,6)39-60/h7-16,20-21,33,35-36,40,43,45,49-50,63,73H,17-19,22-32,34,37-39H2,1-6H3. The molecule has 14 heteroatoms. The van der Waals surface area contributed by atoms with Gasteiger partial charge in [-0.1, -0.05) is 48.5 Å². The molecule has 5 aliphatic heterocycles. The second kappa shape index (κ2) is 19.1. The average molecular weight is 1000 g/mol. The first-order valence-electron chi connectivity index (χ1n) is 27.7. The Morgan fingerprint density at radius 3 is 1.92 bits per heavy atom. The Bertz CT molecular complexity index is 3000. The van der Waals surface area contributed by atoms with E-state index in [0.29, 0.717) is 64.2 Å². The quantitative estimate of drug-likeness (QED) is 0.139. The molecule has 3 atom stereocenters. The number of ether oxygens (including phenoxy) is 1. The molecule has 0 radical (unpaired) electrons. The van der Waals surface area contributed by atoms with Crippen molar-refractivity contribution >= 4 is 34.2 Å². The number of piperidine rings is 2. The van der Waals surface area contributed by atoms with Crippen LogP contribution >= 0.6 is 0 Å². The van der Waals surface area contributed by atoms with E-state index in [4.69, 9.17) is 14.9 Å². The molecule has 4 aromatic heterocycles. The van der Waals surface area contributed by atoms with Crippen molar-refractivity contribution in [1.82, 2.24) is 39.2 Å². The Hall–Kier alpha value is -5.80. The summed E-state index contributed by atoms with van der Waals surface area (Å²) in [5, 5.41) is 25.4. The summed E-state index contributed by atoms with van der Waals surface area (Å²) in [4.78, 5) is 39.5. The number of aliphatic hydroxyl groups is 1. The van der Waals surface area contributed by atoms with Gasteiger partial charge in [-0.25, -0.2) is 9.03 Å². The smallest absolute Gasteiger partial charge is 0.228 e. The molecule has 6 fully saturated rings. The summed E-state index contributed by atoms with van der Waals surface area (Å²) >= 11 is 0. The molecule has 1 saturated carbocycles. The van der Waals surface area contributed by atoms with E-state index in [2.05, 4.69) is 150 Å². The third kappa shape index (κ3) is 9.38. The highest BCUT2D eigenvalue weighted by Gasteiger charge is 2.50. The monoisotopic (exact) mass is 1000 g/mol. The van der Waals surface area contributed by atoms with Crippen LogP contribution in [0.5, 0.6) is 0 Å². The Balaban J connectivity index is 0.755. The molecule has 14 nitrogen and oxygen atoms in total. The van der Waals surface area contributed by atoms with Crippen molar-refractivity contribution < 1.29 is 19.4 Å². The van der Waals surface area contributed by atoms with Gasteiger partial charge in [0.25, 0.3) is 0 Å². The zero-order chi connectivity index (χ0) is 51.1. The van der Waals surface area contributed by atoms with E-state index in [1.807, 2.05) is 21.8 Å². The van der Waals surface area contributed by atoms with E-state index in [1.165, 1.54) is 24.0 Å². The van der Waals surface area contributed by atoms with E-state index in [-0.39, 0.29) is 40.6 Å². The molecule has 9 heterocycles. The number of piperazine rings is 2. The zero-order valence-corrected chi connectivity index (χ0v) is 44.5. The van der Waals surface area contributed by atoms with Gasteiger partial charge in [-0.15, -0.1) is 0 Å². The number of amides is 2. The minimum Gasteiger partial charge on any atom is -0.385 e. The number of likely N-dealkylation sites (tertiary alicyclic amines) is 1. The Morgan fingerprint density at radius 2 is 1.30 bits per heavy atom. The van der Waals surface area contributed by atoms with Gasteiger partial charge in [-0.2, -0.15) is 10.2 Å². The van der Waals surface area contributed by atoms with Crippen LogP contribution in [0.15, 0.2) is 91.4 Å². The fraction of sp³-hybridized carbons (Fsp3) is 0.533. The average Bonchev–Trinajstić information content (AvgIpc) is 3.70. The number of hydrogen-bond donors (Lipinski definition) is 2. The van der Waals surface area contributed by atoms with E-state index in [1.54, 1.807) is 0 Å². The third-order valence-electron chi connectivity index (χ3n) is 17.6. The molecule has 6 aromatic rings. The summed E-state index contributed by atoms with van der Waals surface area (Å²) in [6, 6.07) is 27.1. The molecule has 74 heavy (non-hydrogen) atoms. The fourth-order valence-electron chi connectivity index (χ4n) is 14.1. The van der Waals surface area contributed by atoms with Gasteiger partial charge in [-0.05, 0) is 146 Å². The first-order valence-corrected chi connectivity index (χ1v) is 27.7. The molecule has 6 aliphatic rings. The maximum Gasteiger partial charge on any atom is 0.228 e. The summed E-state index contributed by atoms with van der Waals surface area (Å²) in [7, 11) is 0.